The first-order chi connectivity index (χ1) is 8.97. The summed E-state index contributed by atoms with van der Waals surface area (Å²) in [5.41, 5.74) is 3.53. The Morgan fingerprint density at radius 3 is 2.47 bits per heavy atom. The third kappa shape index (κ3) is 4.07. The Morgan fingerprint density at radius 2 is 1.79 bits per heavy atom. The zero-order chi connectivity index (χ0) is 14.0. The van der Waals surface area contributed by atoms with Crippen molar-refractivity contribution in [3.05, 3.63) is 66.5 Å². The molecule has 0 bridgehead atoms. The summed E-state index contributed by atoms with van der Waals surface area (Å²) in [5.74, 6) is 0. The molecule has 0 saturated heterocycles. The van der Waals surface area contributed by atoms with Crippen molar-refractivity contribution >= 4 is 59.4 Å². The minimum absolute atomic E-state index is 0.0550. The highest BCUT2D eigenvalue weighted by molar-refractivity contribution is 9.11. The van der Waals surface area contributed by atoms with Crippen LogP contribution in [0.3, 0.4) is 0 Å². The lowest BCUT2D eigenvalue weighted by molar-refractivity contribution is 0.911. The molecule has 0 N–H and O–H groups in total. The number of halogens is 4. The minimum atomic E-state index is -0.0550. The van der Waals surface area contributed by atoms with Gasteiger partial charge < -0.3 is 0 Å². The summed E-state index contributed by atoms with van der Waals surface area (Å²) in [4.78, 5) is 0. The van der Waals surface area contributed by atoms with E-state index in [1.54, 1.807) is 0 Å². The average molecular weight is 467 g/mol. The number of aryl methyl sites for hydroxylation is 1. The van der Waals surface area contributed by atoms with E-state index >= 15 is 0 Å². The monoisotopic (exact) mass is 464 g/mol. The molecule has 0 spiro atoms. The zero-order valence-corrected chi connectivity index (χ0v) is 15.8. The van der Waals surface area contributed by atoms with E-state index in [-0.39, 0.29) is 5.38 Å². The van der Waals surface area contributed by atoms with Crippen LogP contribution < -0.4 is 0 Å². The fourth-order valence-electron chi connectivity index (χ4n) is 1.88. The van der Waals surface area contributed by atoms with Crippen LogP contribution >= 0.6 is 59.4 Å². The van der Waals surface area contributed by atoms with E-state index in [1.807, 2.05) is 12.1 Å². The van der Waals surface area contributed by atoms with Gasteiger partial charge in [0.1, 0.15) is 0 Å². The van der Waals surface area contributed by atoms with Crippen molar-refractivity contribution in [2.24, 2.45) is 0 Å². The lowest BCUT2D eigenvalue weighted by Crippen LogP contribution is -1.98. The van der Waals surface area contributed by atoms with Gasteiger partial charge in [0.15, 0.2) is 0 Å². The highest BCUT2D eigenvalue weighted by Gasteiger charge is 2.14. The van der Waals surface area contributed by atoms with Gasteiger partial charge in [0.25, 0.3) is 0 Å². The van der Waals surface area contributed by atoms with Gasteiger partial charge in [-0.3, -0.25) is 0 Å². The number of benzene rings is 2. The molecule has 0 radical (unpaired) electrons. The Morgan fingerprint density at radius 1 is 1.05 bits per heavy atom. The molecule has 0 aromatic heterocycles. The Balaban J connectivity index is 2.25. The zero-order valence-electron chi connectivity index (χ0n) is 10.3. The van der Waals surface area contributed by atoms with E-state index < -0.39 is 0 Å². The highest BCUT2D eigenvalue weighted by atomic mass is 79.9. The largest absolute Gasteiger partial charge is 0.117 e. The predicted octanol–water partition coefficient (Wildman–Crippen LogP) is 6.81. The summed E-state index contributed by atoms with van der Waals surface area (Å²) in [6.45, 7) is 2.07. The number of hydrogen-bond donors (Lipinski definition) is 0. The van der Waals surface area contributed by atoms with Crippen molar-refractivity contribution < 1.29 is 0 Å². The average Bonchev–Trinajstić information content (AvgIpc) is 2.33. The minimum Gasteiger partial charge on any atom is -0.117 e. The molecule has 19 heavy (non-hydrogen) atoms. The molecule has 0 saturated carbocycles. The molecule has 0 aliphatic heterocycles. The van der Waals surface area contributed by atoms with E-state index in [0.29, 0.717) is 0 Å². The molecule has 1 atom stereocenters. The molecule has 100 valence electrons. The molecule has 0 fully saturated rings. The van der Waals surface area contributed by atoms with Crippen LogP contribution in [-0.2, 0) is 6.42 Å². The van der Waals surface area contributed by atoms with Crippen molar-refractivity contribution in [1.82, 2.24) is 0 Å². The Labute approximate surface area is 143 Å². The van der Waals surface area contributed by atoms with E-state index in [9.17, 15) is 0 Å². The van der Waals surface area contributed by atoms with Gasteiger partial charge in [-0.05, 0) is 54.3 Å². The van der Waals surface area contributed by atoms with Crippen LogP contribution in [0.2, 0.25) is 0 Å². The van der Waals surface area contributed by atoms with Gasteiger partial charge in [0.05, 0.1) is 5.38 Å². The van der Waals surface area contributed by atoms with Crippen LogP contribution in [0.25, 0.3) is 0 Å². The Kier molecular flexibility index (Phi) is 5.53. The maximum atomic E-state index is 6.56. The van der Waals surface area contributed by atoms with Crippen molar-refractivity contribution in [1.29, 1.82) is 0 Å². The van der Waals surface area contributed by atoms with Gasteiger partial charge >= 0.3 is 0 Å². The second kappa shape index (κ2) is 6.75. The second-order valence-corrected chi connectivity index (χ2v) is 7.58. The number of rotatable bonds is 3. The van der Waals surface area contributed by atoms with Crippen LogP contribution in [0.1, 0.15) is 22.1 Å². The fraction of sp³-hybridized carbons (Fsp3) is 0.200. The van der Waals surface area contributed by atoms with Crippen LogP contribution in [0.5, 0.6) is 0 Å². The SMILES string of the molecule is Cc1cc(Br)c(C(Cl)Cc2cccc(Br)c2)cc1Br. The molecule has 2 aromatic rings. The molecule has 2 rings (SSSR count). The van der Waals surface area contributed by atoms with Gasteiger partial charge in [-0.1, -0.05) is 59.9 Å². The summed E-state index contributed by atoms with van der Waals surface area (Å²) in [6.07, 6.45) is 0.801. The van der Waals surface area contributed by atoms with E-state index in [1.165, 1.54) is 11.1 Å². The van der Waals surface area contributed by atoms with Gasteiger partial charge in [0, 0.05) is 13.4 Å². The first-order valence-electron chi connectivity index (χ1n) is 5.81. The van der Waals surface area contributed by atoms with Crippen LogP contribution in [0.4, 0.5) is 0 Å². The molecule has 0 aliphatic rings. The molecular formula is C15H12Br3Cl. The molecule has 4 heteroatoms. The van der Waals surface area contributed by atoms with Crippen molar-refractivity contribution in [3.63, 3.8) is 0 Å². The third-order valence-electron chi connectivity index (χ3n) is 2.92. The molecule has 2 aromatic carbocycles. The predicted molar refractivity (Wildman–Crippen MR) is 93.0 cm³/mol. The Hall–Kier alpha value is 0.170. The van der Waals surface area contributed by atoms with Crippen molar-refractivity contribution in [3.8, 4) is 0 Å². The van der Waals surface area contributed by atoms with E-state index in [4.69, 9.17) is 11.6 Å². The number of hydrogen-bond acceptors (Lipinski definition) is 0. The normalized spacial score (nSPS) is 12.5. The summed E-state index contributed by atoms with van der Waals surface area (Å²) < 4.78 is 3.23. The lowest BCUT2D eigenvalue weighted by Gasteiger charge is -2.14. The number of alkyl halides is 1. The summed E-state index contributed by atoms with van der Waals surface area (Å²) >= 11 is 17.2. The molecule has 1 unspecified atom stereocenters. The topological polar surface area (TPSA) is 0 Å². The van der Waals surface area contributed by atoms with Crippen LogP contribution in [0.15, 0.2) is 49.8 Å². The van der Waals surface area contributed by atoms with Crippen molar-refractivity contribution in [2.45, 2.75) is 18.7 Å². The third-order valence-corrected chi connectivity index (χ3v) is 5.34. The molecule has 0 aliphatic carbocycles. The first kappa shape index (κ1) is 15.6. The Bertz CT molecular complexity index is 596. The first-order valence-corrected chi connectivity index (χ1v) is 8.63. The van der Waals surface area contributed by atoms with Crippen molar-refractivity contribution in [2.75, 3.05) is 0 Å². The maximum Gasteiger partial charge on any atom is 0.0637 e. The van der Waals surface area contributed by atoms with Gasteiger partial charge in [-0.15, -0.1) is 11.6 Å². The maximum absolute atomic E-state index is 6.56. The standard InChI is InChI=1S/C15H12Br3Cl/c1-9-5-14(18)12(8-13(9)17)15(19)7-10-3-2-4-11(16)6-10/h2-6,8,15H,7H2,1H3. The summed E-state index contributed by atoms with van der Waals surface area (Å²) in [5, 5.41) is -0.0550. The van der Waals surface area contributed by atoms with Gasteiger partial charge in [-0.2, -0.15) is 0 Å². The highest BCUT2D eigenvalue weighted by Crippen LogP contribution is 2.35. The van der Waals surface area contributed by atoms with Crippen LogP contribution in [0, 0.1) is 6.92 Å². The van der Waals surface area contributed by atoms with Crippen LogP contribution in [-0.4, -0.2) is 0 Å². The molecule has 0 heterocycles. The van der Waals surface area contributed by atoms with E-state index in [0.717, 1.165) is 25.4 Å². The fourth-order valence-corrected chi connectivity index (χ4v) is 3.91. The molecule has 0 amide bonds. The molecular weight excluding hydrogens is 455 g/mol. The second-order valence-electron chi connectivity index (χ2n) is 4.42. The van der Waals surface area contributed by atoms with E-state index in [2.05, 4.69) is 79.0 Å². The van der Waals surface area contributed by atoms with Gasteiger partial charge in [-0.25, -0.2) is 0 Å². The smallest absolute Gasteiger partial charge is 0.0637 e. The van der Waals surface area contributed by atoms with Gasteiger partial charge in [0.2, 0.25) is 0 Å². The summed E-state index contributed by atoms with van der Waals surface area (Å²) in [7, 11) is 0. The lowest BCUT2D eigenvalue weighted by atomic mass is 10.0. The summed E-state index contributed by atoms with van der Waals surface area (Å²) in [6, 6.07) is 12.4. The molecule has 0 nitrogen and oxygen atoms in total. The quantitative estimate of drug-likeness (QED) is 0.436.